The molecule has 1 heterocycles. The van der Waals surface area contributed by atoms with Crippen LogP contribution in [0.15, 0.2) is 47.3 Å². The van der Waals surface area contributed by atoms with E-state index in [1.165, 1.54) is 18.6 Å². The molecule has 0 aliphatic heterocycles. The third kappa shape index (κ3) is 3.46. The first kappa shape index (κ1) is 13.8. The van der Waals surface area contributed by atoms with E-state index in [0.29, 0.717) is 29.7 Å². The van der Waals surface area contributed by atoms with Crippen molar-refractivity contribution in [2.75, 3.05) is 6.54 Å². The molecule has 1 aromatic heterocycles. The van der Waals surface area contributed by atoms with Crippen molar-refractivity contribution in [1.82, 2.24) is 5.32 Å². The summed E-state index contributed by atoms with van der Waals surface area (Å²) in [6.45, 7) is 0.335. The summed E-state index contributed by atoms with van der Waals surface area (Å²) in [5.41, 5.74) is 1.56. The van der Waals surface area contributed by atoms with Gasteiger partial charge in [-0.2, -0.15) is 5.26 Å². The van der Waals surface area contributed by atoms with Gasteiger partial charge in [0.2, 0.25) is 0 Å². The highest BCUT2D eigenvalue weighted by atomic mass is 16.3. The van der Waals surface area contributed by atoms with Crippen LogP contribution in [0.3, 0.4) is 0 Å². The molecule has 0 bridgehead atoms. The maximum absolute atomic E-state index is 11.9. The third-order valence-corrected chi connectivity index (χ3v) is 2.89. The fraction of sp³-hybridized carbons (Fsp3) is 0.200. The molecule has 0 saturated carbocycles. The Morgan fingerprint density at radius 2 is 2.30 bits per heavy atom. The summed E-state index contributed by atoms with van der Waals surface area (Å²) in [5.74, 6) is -0.263. The second kappa shape index (κ2) is 6.55. The number of carbonyl (C=O) groups excluding carboxylic acids is 1. The number of nitriles is 1. The number of hydrogen-bond donors (Lipinski definition) is 2. The Morgan fingerprint density at radius 1 is 1.45 bits per heavy atom. The van der Waals surface area contributed by atoms with E-state index in [1.807, 2.05) is 6.07 Å². The number of rotatable bonds is 5. The topological polar surface area (TPSA) is 86.3 Å². The highest BCUT2D eigenvalue weighted by Gasteiger charge is 2.10. The van der Waals surface area contributed by atoms with Crippen molar-refractivity contribution in [3.63, 3.8) is 0 Å². The fourth-order valence-electron chi connectivity index (χ4n) is 1.79. The monoisotopic (exact) mass is 270 g/mol. The molecule has 1 amide bonds. The number of furan rings is 1. The molecule has 2 rings (SSSR count). The minimum atomic E-state index is -0.667. The van der Waals surface area contributed by atoms with Crippen LogP contribution in [-0.4, -0.2) is 17.6 Å². The number of aliphatic hydroxyl groups excluding tert-OH is 1. The molecule has 2 aromatic rings. The molecule has 0 fully saturated rings. The molecule has 1 aromatic carbocycles. The SMILES string of the molecule is N#Cc1cccc(C(=O)NCC[C@@H](O)c2ccoc2)c1. The Morgan fingerprint density at radius 3 is 3.00 bits per heavy atom. The molecule has 20 heavy (non-hydrogen) atoms. The smallest absolute Gasteiger partial charge is 0.251 e. The van der Waals surface area contributed by atoms with Gasteiger partial charge in [0.25, 0.3) is 5.91 Å². The van der Waals surface area contributed by atoms with Crippen molar-refractivity contribution in [3.05, 3.63) is 59.5 Å². The van der Waals surface area contributed by atoms with E-state index in [9.17, 15) is 9.90 Å². The zero-order chi connectivity index (χ0) is 14.4. The lowest BCUT2D eigenvalue weighted by Crippen LogP contribution is -2.25. The summed E-state index contributed by atoms with van der Waals surface area (Å²) in [5, 5.41) is 21.3. The maximum atomic E-state index is 11.9. The Labute approximate surface area is 116 Å². The minimum absolute atomic E-state index is 0.263. The summed E-state index contributed by atoms with van der Waals surface area (Å²) in [4.78, 5) is 11.9. The molecule has 0 unspecified atom stereocenters. The summed E-state index contributed by atoms with van der Waals surface area (Å²) < 4.78 is 4.88. The average Bonchev–Trinajstić information content (AvgIpc) is 3.01. The summed E-state index contributed by atoms with van der Waals surface area (Å²) in [6.07, 6.45) is 2.69. The number of nitrogens with zero attached hydrogens (tertiary/aromatic N) is 1. The molecule has 102 valence electrons. The van der Waals surface area contributed by atoms with Gasteiger partial charge in [-0.25, -0.2) is 0 Å². The normalized spacial score (nSPS) is 11.6. The van der Waals surface area contributed by atoms with Gasteiger partial charge in [0, 0.05) is 17.7 Å². The Bertz CT molecular complexity index is 614. The lowest BCUT2D eigenvalue weighted by molar-refractivity contribution is 0.0942. The van der Waals surface area contributed by atoms with Crippen molar-refractivity contribution >= 4 is 5.91 Å². The van der Waals surface area contributed by atoms with E-state index in [4.69, 9.17) is 9.68 Å². The van der Waals surface area contributed by atoms with Gasteiger partial charge in [-0.05, 0) is 30.7 Å². The van der Waals surface area contributed by atoms with Gasteiger partial charge in [-0.15, -0.1) is 0 Å². The van der Waals surface area contributed by atoms with Gasteiger partial charge in [0.15, 0.2) is 0 Å². The number of hydrogen-bond acceptors (Lipinski definition) is 4. The summed E-state index contributed by atoms with van der Waals surface area (Å²) in [7, 11) is 0. The summed E-state index contributed by atoms with van der Waals surface area (Å²) in [6, 6.07) is 10.1. The number of benzene rings is 1. The van der Waals surface area contributed by atoms with Crippen LogP contribution in [0.25, 0.3) is 0 Å². The maximum Gasteiger partial charge on any atom is 0.251 e. The van der Waals surface area contributed by atoms with E-state index in [1.54, 1.807) is 24.3 Å². The molecule has 0 radical (unpaired) electrons. The molecular weight excluding hydrogens is 256 g/mol. The van der Waals surface area contributed by atoms with Crippen molar-refractivity contribution in [2.24, 2.45) is 0 Å². The standard InChI is InChI=1S/C15H14N2O3/c16-9-11-2-1-3-12(8-11)15(19)17-6-4-14(18)13-5-7-20-10-13/h1-3,5,7-8,10,14,18H,4,6H2,(H,17,19)/t14-/m1/s1. The van der Waals surface area contributed by atoms with Crippen LogP contribution in [0.2, 0.25) is 0 Å². The van der Waals surface area contributed by atoms with Gasteiger partial charge < -0.3 is 14.8 Å². The first-order valence-electron chi connectivity index (χ1n) is 6.19. The molecule has 0 aliphatic carbocycles. The highest BCUT2D eigenvalue weighted by molar-refractivity contribution is 5.94. The van der Waals surface area contributed by atoms with Crippen LogP contribution in [0, 0.1) is 11.3 Å². The minimum Gasteiger partial charge on any atom is -0.472 e. The number of amides is 1. The predicted octanol–water partition coefficient (Wildman–Crippen LogP) is 2.00. The zero-order valence-corrected chi connectivity index (χ0v) is 10.7. The Balaban J connectivity index is 1.85. The van der Waals surface area contributed by atoms with Gasteiger partial charge >= 0.3 is 0 Å². The van der Waals surface area contributed by atoms with Gasteiger partial charge in [-0.1, -0.05) is 6.07 Å². The van der Waals surface area contributed by atoms with Crippen LogP contribution < -0.4 is 5.32 Å². The van der Waals surface area contributed by atoms with Gasteiger partial charge in [-0.3, -0.25) is 4.79 Å². The van der Waals surface area contributed by atoms with Crippen molar-refractivity contribution < 1.29 is 14.3 Å². The molecule has 0 aliphatic rings. The Kier molecular flexibility index (Phi) is 4.53. The highest BCUT2D eigenvalue weighted by Crippen LogP contribution is 2.15. The predicted molar refractivity (Wildman–Crippen MR) is 71.8 cm³/mol. The summed E-state index contributed by atoms with van der Waals surface area (Å²) >= 11 is 0. The third-order valence-electron chi connectivity index (χ3n) is 2.89. The first-order valence-corrected chi connectivity index (χ1v) is 6.19. The first-order chi connectivity index (χ1) is 9.70. The van der Waals surface area contributed by atoms with E-state index in [0.717, 1.165) is 0 Å². The molecular formula is C15H14N2O3. The average molecular weight is 270 g/mol. The number of nitrogens with one attached hydrogen (secondary N) is 1. The molecule has 2 N–H and O–H groups in total. The van der Waals surface area contributed by atoms with E-state index in [2.05, 4.69) is 5.32 Å². The van der Waals surface area contributed by atoms with Crippen molar-refractivity contribution in [3.8, 4) is 6.07 Å². The van der Waals surface area contributed by atoms with Crippen molar-refractivity contribution in [2.45, 2.75) is 12.5 Å². The lowest BCUT2D eigenvalue weighted by atomic mass is 10.1. The second-order valence-corrected chi connectivity index (χ2v) is 4.31. The number of aliphatic hydroxyl groups is 1. The van der Waals surface area contributed by atoms with E-state index >= 15 is 0 Å². The van der Waals surface area contributed by atoms with Crippen LogP contribution in [0.1, 0.15) is 34.0 Å². The van der Waals surface area contributed by atoms with Crippen molar-refractivity contribution in [1.29, 1.82) is 5.26 Å². The molecule has 5 heteroatoms. The molecule has 0 spiro atoms. The molecule has 5 nitrogen and oxygen atoms in total. The largest absolute Gasteiger partial charge is 0.472 e. The van der Waals surface area contributed by atoms with E-state index in [-0.39, 0.29) is 5.91 Å². The van der Waals surface area contributed by atoms with E-state index < -0.39 is 6.10 Å². The second-order valence-electron chi connectivity index (χ2n) is 4.31. The van der Waals surface area contributed by atoms with Gasteiger partial charge in [0.1, 0.15) is 0 Å². The quantitative estimate of drug-likeness (QED) is 0.870. The van der Waals surface area contributed by atoms with Crippen LogP contribution >= 0.6 is 0 Å². The lowest BCUT2D eigenvalue weighted by Gasteiger charge is -2.09. The molecule has 1 atom stereocenters. The van der Waals surface area contributed by atoms with Crippen LogP contribution in [0.4, 0.5) is 0 Å². The fourth-order valence-corrected chi connectivity index (χ4v) is 1.79. The molecule has 0 saturated heterocycles. The zero-order valence-electron chi connectivity index (χ0n) is 10.7. The number of carbonyl (C=O) groups is 1. The Hall–Kier alpha value is -2.58. The van der Waals surface area contributed by atoms with Crippen LogP contribution in [-0.2, 0) is 0 Å². The van der Waals surface area contributed by atoms with Crippen LogP contribution in [0.5, 0.6) is 0 Å². The van der Waals surface area contributed by atoms with Gasteiger partial charge in [0.05, 0.1) is 30.3 Å².